The molecule has 0 spiro atoms. The van der Waals surface area contributed by atoms with Crippen LogP contribution < -0.4 is 5.32 Å². The maximum absolute atomic E-state index is 11.8. The summed E-state index contributed by atoms with van der Waals surface area (Å²) in [5.74, 6) is -0.910. The molecule has 1 atom stereocenters. The third kappa shape index (κ3) is 3.45. The van der Waals surface area contributed by atoms with E-state index in [9.17, 15) is 9.90 Å². The fourth-order valence-corrected chi connectivity index (χ4v) is 2.58. The van der Waals surface area contributed by atoms with Crippen LogP contribution in [-0.4, -0.2) is 11.1 Å². The molecule has 21 heavy (non-hydrogen) atoms. The summed E-state index contributed by atoms with van der Waals surface area (Å²) in [6, 6.07) is 15.2. The molecule has 0 aliphatic rings. The number of halogens is 1. The third-order valence-electron chi connectivity index (χ3n) is 3.59. The number of aliphatic carboxylic acids is 1. The van der Waals surface area contributed by atoms with E-state index in [4.69, 9.17) is 0 Å². The van der Waals surface area contributed by atoms with Gasteiger partial charge < -0.3 is 10.4 Å². The Hall–Kier alpha value is -1.81. The standard InChI is InChI=1S/C17H18BrNO2/c1-3-12-7-9-13(10-8-12)17(2,16(20)21)19-15-6-4-5-14(18)11-15/h4-11,19H,3H2,1-2H3,(H,20,21). The van der Waals surface area contributed by atoms with E-state index in [1.165, 1.54) is 5.56 Å². The van der Waals surface area contributed by atoms with E-state index in [-0.39, 0.29) is 0 Å². The molecule has 0 saturated carbocycles. The number of hydrogen-bond donors (Lipinski definition) is 2. The predicted molar refractivity (Wildman–Crippen MR) is 88.6 cm³/mol. The minimum absolute atomic E-state index is 0.729. The average Bonchev–Trinajstić information content (AvgIpc) is 2.47. The summed E-state index contributed by atoms with van der Waals surface area (Å²) in [5.41, 5.74) is 1.50. The van der Waals surface area contributed by atoms with E-state index in [0.29, 0.717) is 0 Å². The predicted octanol–water partition coefficient (Wildman–Crippen LogP) is 4.42. The number of rotatable bonds is 5. The zero-order valence-electron chi connectivity index (χ0n) is 12.1. The Labute approximate surface area is 133 Å². The lowest BCUT2D eigenvalue weighted by Crippen LogP contribution is -2.40. The van der Waals surface area contributed by atoms with E-state index in [1.807, 2.05) is 48.5 Å². The summed E-state index contributed by atoms with van der Waals surface area (Å²) < 4.78 is 0.904. The van der Waals surface area contributed by atoms with Gasteiger partial charge in [-0.1, -0.05) is 53.2 Å². The van der Waals surface area contributed by atoms with E-state index in [0.717, 1.165) is 22.1 Å². The van der Waals surface area contributed by atoms with Gasteiger partial charge in [-0.3, -0.25) is 0 Å². The average molecular weight is 348 g/mol. The highest BCUT2D eigenvalue weighted by atomic mass is 79.9. The fraction of sp³-hybridized carbons (Fsp3) is 0.235. The molecule has 0 aliphatic heterocycles. The van der Waals surface area contributed by atoms with Gasteiger partial charge >= 0.3 is 5.97 Å². The van der Waals surface area contributed by atoms with Crippen molar-refractivity contribution in [1.82, 2.24) is 0 Å². The SMILES string of the molecule is CCc1ccc(C(C)(Nc2cccc(Br)c2)C(=O)O)cc1. The molecule has 0 aromatic heterocycles. The zero-order chi connectivity index (χ0) is 15.5. The quantitative estimate of drug-likeness (QED) is 0.841. The van der Waals surface area contributed by atoms with Crippen LogP contribution in [0.15, 0.2) is 53.0 Å². The molecule has 0 heterocycles. The minimum Gasteiger partial charge on any atom is -0.479 e. The van der Waals surface area contributed by atoms with Crippen molar-refractivity contribution in [3.8, 4) is 0 Å². The van der Waals surface area contributed by atoms with Gasteiger partial charge in [0.25, 0.3) is 0 Å². The number of anilines is 1. The van der Waals surface area contributed by atoms with Gasteiger partial charge in [0.15, 0.2) is 5.54 Å². The maximum Gasteiger partial charge on any atom is 0.333 e. The Balaban J connectivity index is 2.37. The van der Waals surface area contributed by atoms with Crippen LogP contribution in [0.1, 0.15) is 25.0 Å². The first-order chi connectivity index (χ1) is 9.95. The second-order valence-electron chi connectivity index (χ2n) is 5.12. The molecular weight excluding hydrogens is 330 g/mol. The second-order valence-corrected chi connectivity index (χ2v) is 6.03. The van der Waals surface area contributed by atoms with Crippen LogP contribution in [0.3, 0.4) is 0 Å². The van der Waals surface area contributed by atoms with Gasteiger partial charge in [0.1, 0.15) is 0 Å². The molecule has 2 aromatic carbocycles. The highest BCUT2D eigenvalue weighted by Gasteiger charge is 2.35. The van der Waals surface area contributed by atoms with Crippen molar-refractivity contribution in [2.45, 2.75) is 25.8 Å². The van der Waals surface area contributed by atoms with Crippen molar-refractivity contribution in [2.24, 2.45) is 0 Å². The lowest BCUT2D eigenvalue weighted by Gasteiger charge is -2.28. The molecule has 0 saturated heterocycles. The summed E-state index contributed by atoms with van der Waals surface area (Å²) in [5, 5.41) is 12.8. The lowest BCUT2D eigenvalue weighted by atomic mass is 9.90. The van der Waals surface area contributed by atoms with Gasteiger partial charge in [-0.05, 0) is 42.7 Å². The van der Waals surface area contributed by atoms with E-state index in [2.05, 4.69) is 28.2 Å². The summed E-state index contributed by atoms with van der Waals surface area (Å²) in [6.07, 6.45) is 0.934. The number of carboxylic acids is 1. The van der Waals surface area contributed by atoms with Crippen LogP contribution in [0.25, 0.3) is 0 Å². The first kappa shape index (κ1) is 15.6. The first-order valence-electron chi connectivity index (χ1n) is 6.82. The van der Waals surface area contributed by atoms with Gasteiger partial charge in [0.2, 0.25) is 0 Å². The number of carboxylic acid groups (broad SMARTS) is 1. The molecule has 2 N–H and O–H groups in total. The Morgan fingerprint density at radius 3 is 2.43 bits per heavy atom. The summed E-state index contributed by atoms with van der Waals surface area (Å²) >= 11 is 3.39. The lowest BCUT2D eigenvalue weighted by molar-refractivity contribution is -0.142. The van der Waals surface area contributed by atoms with E-state index < -0.39 is 11.5 Å². The van der Waals surface area contributed by atoms with Crippen molar-refractivity contribution in [2.75, 3.05) is 5.32 Å². The van der Waals surface area contributed by atoms with Crippen molar-refractivity contribution in [3.63, 3.8) is 0 Å². The topological polar surface area (TPSA) is 49.3 Å². The summed E-state index contributed by atoms with van der Waals surface area (Å²) in [7, 11) is 0. The van der Waals surface area contributed by atoms with Crippen LogP contribution in [-0.2, 0) is 16.8 Å². The summed E-state index contributed by atoms with van der Waals surface area (Å²) in [6.45, 7) is 3.75. The van der Waals surface area contributed by atoms with E-state index in [1.54, 1.807) is 6.92 Å². The van der Waals surface area contributed by atoms with Crippen LogP contribution in [0.4, 0.5) is 5.69 Å². The van der Waals surface area contributed by atoms with E-state index >= 15 is 0 Å². The highest BCUT2D eigenvalue weighted by Crippen LogP contribution is 2.28. The molecular formula is C17H18BrNO2. The Morgan fingerprint density at radius 1 is 1.24 bits per heavy atom. The zero-order valence-corrected chi connectivity index (χ0v) is 13.6. The largest absolute Gasteiger partial charge is 0.479 e. The fourth-order valence-electron chi connectivity index (χ4n) is 2.18. The number of nitrogens with one attached hydrogen (secondary N) is 1. The normalized spacial score (nSPS) is 13.5. The molecule has 4 heteroatoms. The molecule has 1 unspecified atom stereocenters. The van der Waals surface area contributed by atoms with Gasteiger partial charge in [0.05, 0.1) is 0 Å². The van der Waals surface area contributed by atoms with Crippen LogP contribution in [0.2, 0.25) is 0 Å². The molecule has 0 bridgehead atoms. The molecule has 2 rings (SSSR count). The van der Waals surface area contributed by atoms with Gasteiger partial charge in [-0.2, -0.15) is 0 Å². The van der Waals surface area contributed by atoms with Crippen molar-refractivity contribution in [3.05, 3.63) is 64.1 Å². The van der Waals surface area contributed by atoms with Crippen LogP contribution >= 0.6 is 15.9 Å². The molecule has 0 fully saturated rings. The van der Waals surface area contributed by atoms with Gasteiger partial charge in [-0.15, -0.1) is 0 Å². The number of aryl methyl sites for hydroxylation is 1. The highest BCUT2D eigenvalue weighted by molar-refractivity contribution is 9.10. The van der Waals surface area contributed by atoms with Gasteiger partial charge in [-0.25, -0.2) is 4.79 Å². The first-order valence-corrected chi connectivity index (χ1v) is 7.61. The molecule has 2 aromatic rings. The monoisotopic (exact) mass is 347 g/mol. The van der Waals surface area contributed by atoms with Crippen LogP contribution in [0, 0.1) is 0 Å². The molecule has 0 amide bonds. The van der Waals surface area contributed by atoms with Crippen molar-refractivity contribution in [1.29, 1.82) is 0 Å². The second kappa shape index (κ2) is 6.31. The maximum atomic E-state index is 11.8. The smallest absolute Gasteiger partial charge is 0.333 e. The van der Waals surface area contributed by atoms with Crippen molar-refractivity contribution >= 4 is 27.6 Å². The Morgan fingerprint density at radius 2 is 1.90 bits per heavy atom. The molecule has 110 valence electrons. The molecule has 0 aliphatic carbocycles. The number of carbonyl (C=O) groups is 1. The van der Waals surface area contributed by atoms with Crippen LogP contribution in [0.5, 0.6) is 0 Å². The van der Waals surface area contributed by atoms with Crippen molar-refractivity contribution < 1.29 is 9.90 Å². The van der Waals surface area contributed by atoms with Gasteiger partial charge in [0, 0.05) is 10.2 Å². The summed E-state index contributed by atoms with van der Waals surface area (Å²) in [4.78, 5) is 11.8. The molecule has 0 radical (unpaired) electrons. The third-order valence-corrected chi connectivity index (χ3v) is 4.08. The molecule has 3 nitrogen and oxygen atoms in total. The Kier molecular flexibility index (Phi) is 4.68. The minimum atomic E-state index is -1.17. The Bertz CT molecular complexity index is 639. The number of hydrogen-bond acceptors (Lipinski definition) is 2. The number of benzene rings is 2.